The summed E-state index contributed by atoms with van der Waals surface area (Å²) < 4.78 is 15.9. The average molecular weight is 372 g/mol. The standard InChI is InChI=1S/C20H25FN4O2/c1-20(2,3)19(27)25-9-4-5-17(25)18(26)23-12-14-6-7-16(15(21)11-14)24-10-8-22-13-24/h6-8,10-11,13,17H,4-5,9,12H2,1-3H3,(H,23,26). The second kappa shape index (κ2) is 7.50. The van der Waals surface area contributed by atoms with Crippen LogP contribution < -0.4 is 5.32 Å². The quantitative estimate of drug-likeness (QED) is 0.897. The number of benzene rings is 1. The summed E-state index contributed by atoms with van der Waals surface area (Å²) in [7, 11) is 0. The van der Waals surface area contributed by atoms with Gasteiger partial charge in [-0.15, -0.1) is 0 Å². The van der Waals surface area contributed by atoms with E-state index in [9.17, 15) is 14.0 Å². The second-order valence-corrected chi connectivity index (χ2v) is 7.88. The lowest BCUT2D eigenvalue weighted by molar-refractivity contribution is -0.144. The van der Waals surface area contributed by atoms with Crippen LogP contribution in [0.2, 0.25) is 0 Å². The molecule has 0 spiro atoms. The maximum atomic E-state index is 14.3. The molecule has 7 heteroatoms. The molecule has 1 aliphatic rings. The van der Waals surface area contributed by atoms with E-state index < -0.39 is 11.5 Å². The Kier molecular flexibility index (Phi) is 5.30. The van der Waals surface area contributed by atoms with Gasteiger partial charge in [-0.05, 0) is 30.5 Å². The van der Waals surface area contributed by atoms with Crippen molar-refractivity contribution < 1.29 is 14.0 Å². The molecular weight excluding hydrogens is 347 g/mol. The largest absolute Gasteiger partial charge is 0.350 e. The first-order valence-corrected chi connectivity index (χ1v) is 9.13. The van der Waals surface area contributed by atoms with Crippen molar-refractivity contribution in [2.45, 2.75) is 46.2 Å². The number of nitrogens with one attached hydrogen (secondary N) is 1. The number of amides is 2. The predicted molar refractivity (Wildman–Crippen MR) is 99.6 cm³/mol. The van der Waals surface area contributed by atoms with Crippen LogP contribution in [-0.2, 0) is 16.1 Å². The molecule has 1 atom stereocenters. The van der Waals surface area contributed by atoms with Crippen LogP contribution in [0.15, 0.2) is 36.9 Å². The molecule has 1 aromatic heterocycles. The molecule has 0 bridgehead atoms. The van der Waals surface area contributed by atoms with Crippen molar-refractivity contribution in [1.29, 1.82) is 0 Å². The Bertz CT molecular complexity index is 827. The van der Waals surface area contributed by atoms with Crippen LogP contribution in [0.25, 0.3) is 5.69 Å². The van der Waals surface area contributed by atoms with Gasteiger partial charge < -0.3 is 14.8 Å². The van der Waals surface area contributed by atoms with Crippen molar-refractivity contribution in [3.05, 3.63) is 48.3 Å². The number of carbonyl (C=O) groups excluding carboxylic acids is 2. The van der Waals surface area contributed by atoms with Gasteiger partial charge in [0.2, 0.25) is 11.8 Å². The van der Waals surface area contributed by atoms with Crippen molar-refractivity contribution >= 4 is 11.8 Å². The summed E-state index contributed by atoms with van der Waals surface area (Å²) in [5.41, 5.74) is 0.548. The van der Waals surface area contributed by atoms with Crippen LogP contribution in [0.1, 0.15) is 39.2 Å². The Morgan fingerprint density at radius 2 is 2.11 bits per heavy atom. The molecule has 1 unspecified atom stereocenters. The van der Waals surface area contributed by atoms with Crippen LogP contribution in [0, 0.1) is 11.2 Å². The lowest BCUT2D eigenvalue weighted by Crippen LogP contribution is -2.49. The van der Waals surface area contributed by atoms with E-state index in [1.54, 1.807) is 34.0 Å². The van der Waals surface area contributed by atoms with E-state index in [0.29, 0.717) is 24.2 Å². The molecule has 1 fully saturated rings. The van der Waals surface area contributed by atoms with Gasteiger partial charge in [0, 0.05) is 30.9 Å². The summed E-state index contributed by atoms with van der Waals surface area (Å²) >= 11 is 0. The van der Waals surface area contributed by atoms with E-state index in [2.05, 4.69) is 10.3 Å². The van der Waals surface area contributed by atoms with Gasteiger partial charge in [-0.2, -0.15) is 0 Å². The fourth-order valence-electron chi connectivity index (χ4n) is 3.29. The zero-order chi connectivity index (χ0) is 19.6. The first-order valence-electron chi connectivity index (χ1n) is 9.13. The molecule has 0 aliphatic carbocycles. The molecule has 2 aromatic rings. The molecular formula is C20H25FN4O2. The number of hydrogen-bond acceptors (Lipinski definition) is 3. The number of carbonyl (C=O) groups is 2. The Balaban J connectivity index is 1.64. The summed E-state index contributed by atoms with van der Waals surface area (Å²) in [6, 6.07) is 4.38. The molecule has 0 saturated carbocycles. The predicted octanol–water partition coefficient (Wildman–Crippen LogP) is 2.66. The highest BCUT2D eigenvalue weighted by atomic mass is 19.1. The second-order valence-electron chi connectivity index (χ2n) is 7.88. The van der Waals surface area contributed by atoms with Crippen LogP contribution in [0.4, 0.5) is 4.39 Å². The lowest BCUT2D eigenvalue weighted by atomic mass is 9.94. The SMILES string of the molecule is CC(C)(C)C(=O)N1CCCC1C(=O)NCc1ccc(-n2ccnc2)c(F)c1. The third-order valence-corrected chi connectivity index (χ3v) is 4.72. The molecule has 1 aliphatic heterocycles. The van der Waals surface area contributed by atoms with Crippen LogP contribution in [0.3, 0.4) is 0 Å². The normalized spacial score (nSPS) is 17.2. The van der Waals surface area contributed by atoms with Gasteiger partial charge in [0.25, 0.3) is 0 Å². The highest BCUT2D eigenvalue weighted by Crippen LogP contribution is 2.25. The zero-order valence-electron chi connectivity index (χ0n) is 15.9. The van der Waals surface area contributed by atoms with Gasteiger partial charge in [-0.3, -0.25) is 9.59 Å². The van der Waals surface area contributed by atoms with Gasteiger partial charge >= 0.3 is 0 Å². The van der Waals surface area contributed by atoms with Crippen molar-refractivity contribution in [2.75, 3.05) is 6.54 Å². The smallest absolute Gasteiger partial charge is 0.243 e. The third-order valence-electron chi connectivity index (χ3n) is 4.72. The van der Waals surface area contributed by atoms with Crippen LogP contribution >= 0.6 is 0 Å². The van der Waals surface area contributed by atoms with E-state index in [1.165, 1.54) is 12.4 Å². The summed E-state index contributed by atoms with van der Waals surface area (Å²) in [4.78, 5) is 30.7. The third kappa shape index (κ3) is 4.18. The molecule has 6 nitrogen and oxygen atoms in total. The minimum Gasteiger partial charge on any atom is -0.350 e. The van der Waals surface area contributed by atoms with Gasteiger partial charge in [0.15, 0.2) is 0 Å². The molecule has 3 rings (SSSR count). The number of halogens is 1. The van der Waals surface area contributed by atoms with E-state index >= 15 is 0 Å². The fraction of sp³-hybridized carbons (Fsp3) is 0.450. The fourth-order valence-corrected chi connectivity index (χ4v) is 3.29. The van der Waals surface area contributed by atoms with Crippen molar-refractivity contribution in [2.24, 2.45) is 5.41 Å². The molecule has 0 radical (unpaired) electrons. The van der Waals surface area contributed by atoms with Gasteiger partial charge in [0.05, 0.1) is 12.0 Å². The first kappa shape index (κ1) is 19.1. The van der Waals surface area contributed by atoms with E-state index in [4.69, 9.17) is 0 Å². The lowest BCUT2D eigenvalue weighted by Gasteiger charge is -2.30. The minimum absolute atomic E-state index is 0.0177. The van der Waals surface area contributed by atoms with Gasteiger partial charge in [0.1, 0.15) is 11.9 Å². The van der Waals surface area contributed by atoms with Crippen LogP contribution in [-0.4, -0.2) is 38.9 Å². The molecule has 144 valence electrons. The number of rotatable bonds is 4. The van der Waals surface area contributed by atoms with Gasteiger partial charge in [-0.1, -0.05) is 26.8 Å². The van der Waals surface area contributed by atoms with Gasteiger partial charge in [-0.25, -0.2) is 9.37 Å². The number of hydrogen-bond donors (Lipinski definition) is 1. The molecule has 2 heterocycles. The maximum absolute atomic E-state index is 14.3. The topological polar surface area (TPSA) is 67.2 Å². The number of likely N-dealkylation sites (tertiary alicyclic amines) is 1. The zero-order valence-corrected chi connectivity index (χ0v) is 15.9. The van der Waals surface area contributed by atoms with Crippen molar-refractivity contribution in [1.82, 2.24) is 19.8 Å². The Labute approximate surface area is 158 Å². The maximum Gasteiger partial charge on any atom is 0.243 e. The number of aromatic nitrogens is 2. The number of nitrogens with zero attached hydrogens (tertiary/aromatic N) is 3. The minimum atomic E-state index is -0.519. The molecule has 1 aromatic carbocycles. The number of imidazole rings is 1. The van der Waals surface area contributed by atoms with E-state index in [-0.39, 0.29) is 24.2 Å². The Morgan fingerprint density at radius 3 is 2.74 bits per heavy atom. The highest BCUT2D eigenvalue weighted by molar-refractivity contribution is 5.90. The highest BCUT2D eigenvalue weighted by Gasteiger charge is 2.38. The molecule has 2 amide bonds. The molecule has 27 heavy (non-hydrogen) atoms. The monoisotopic (exact) mass is 372 g/mol. The Morgan fingerprint density at radius 1 is 1.33 bits per heavy atom. The average Bonchev–Trinajstić information content (AvgIpc) is 3.29. The van der Waals surface area contributed by atoms with E-state index in [0.717, 1.165) is 6.42 Å². The molecule has 1 saturated heterocycles. The summed E-state index contributed by atoms with van der Waals surface area (Å²) in [5.74, 6) is -0.592. The van der Waals surface area contributed by atoms with Crippen molar-refractivity contribution in [3.63, 3.8) is 0 Å². The summed E-state index contributed by atoms with van der Waals surface area (Å²) in [6.45, 7) is 6.38. The molecule has 1 N–H and O–H groups in total. The summed E-state index contributed by atoms with van der Waals surface area (Å²) in [5, 5.41) is 2.84. The first-order chi connectivity index (χ1) is 12.8. The Hall–Kier alpha value is -2.70. The van der Waals surface area contributed by atoms with E-state index in [1.807, 2.05) is 20.8 Å². The van der Waals surface area contributed by atoms with Crippen LogP contribution in [0.5, 0.6) is 0 Å². The summed E-state index contributed by atoms with van der Waals surface area (Å²) in [6.07, 6.45) is 6.25. The van der Waals surface area contributed by atoms with Crippen molar-refractivity contribution in [3.8, 4) is 5.69 Å².